The molecule has 1 heterocycles. The van der Waals surface area contributed by atoms with Gasteiger partial charge < -0.3 is 0 Å². The van der Waals surface area contributed by atoms with Gasteiger partial charge in [-0.1, -0.05) is 67.6 Å². The largest absolute Gasteiger partial charge is 0.274 e. The molecule has 3 aromatic carbocycles. The Morgan fingerprint density at radius 1 is 0.793 bits per heavy atom. The summed E-state index contributed by atoms with van der Waals surface area (Å²) in [5.41, 5.74) is 4.97. The molecule has 1 saturated heterocycles. The molecule has 0 unspecified atom stereocenters. The molecule has 3 aromatic rings. The van der Waals surface area contributed by atoms with E-state index in [2.05, 4.69) is 53.8 Å². The van der Waals surface area contributed by atoms with Crippen LogP contribution in [-0.2, 0) is 15.0 Å². The van der Waals surface area contributed by atoms with Gasteiger partial charge in [0.1, 0.15) is 0 Å². The van der Waals surface area contributed by atoms with Crippen LogP contribution in [-0.4, -0.2) is 11.8 Å². The Morgan fingerprint density at radius 3 is 1.97 bits per heavy atom. The molecule has 1 fully saturated rings. The van der Waals surface area contributed by atoms with Gasteiger partial charge in [0.05, 0.1) is 17.5 Å². The first-order valence-electron chi connectivity index (χ1n) is 9.86. The highest BCUT2D eigenvalue weighted by Gasteiger charge is 2.66. The van der Waals surface area contributed by atoms with Crippen molar-refractivity contribution in [1.29, 1.82) is 0 Å². The third-order valence-electron chi connectivity index (χ3n) is 7.14. The Balaban J connectivity index is 1.64. The molecule has 2 amide bonds. The number of anilines is 1. The Morgan fingerprint density at radius 2 is 1.34 bits per heavy atom. The van der Waals surface area contributed by atoms with Gasteiger partial charge in [-0.05, 0) is 57.0 Å². The van der Waals surface area contributed by atoms with Gasteiger partial charge in [-0.25, -0.2) is 4.90 Å². The van der Waals surface area contributed by atoms with E-state index in [1.165, 1.54) is 27.2 Å². The van der Waals surface area contributed by atoms with Crippen LogP contribution in [0, 0.1) is 15.4 Å². The molecule has 4 heteroatoms. The number of rotatable bonds is 1. The molecule has 1 aliphatic heterocycles. The summed E-state index contributed by atoms with van der Waals surface area (Å²) >= 11 is 2.21. The van der Waals surface area contributed by atoms with Gasteiger partial charge in [-0.2, -0.15) is 0 Å². The summed E-state index contributed by atoms with van der Waals surface area (Å²) in [5.74, 6) is -0.934. The van der Waals surface area contributed by atoms with Crippen LogP contribution in [0.15, 0.2) is 72.8 Å². The topological polar surface area (TPSA) is 37.4 Å². The highest BCUT2D eigenvalue weighted by molar-refractivity contribution is 14.1. The molecule has 0 N–H and O–H groups in total. The fraction of sp³-hybridized carbons (Fsp3) is 0.200. The Kier molecular flexibility index (Phi) is 3.47. The van der Waals surface area contributed by atoms with Crippen LogP contribution in [0.25, 0.3) is 0 Å². The molecule has 4 aliphatic rings. The lowest BCUT2D eigenvalue weighted by molar-refractivity contribution is -0.123. The standard InChI is InChI=1S/C25H18INO2/c1-25-16-10-4-2-8-14(16)20(15-9-3-5-11-17(15)25)21-22(25)24(29)27(23(21)28)19-13-7-6-12-18(19)26/h2-13,20-22H,1H3/t20?,21-,22-,25?/m1/s1. The average molecular weight is 491 g/mol. The zero-order valence-electron chi connectivity index (χ0n) is 15.8. The lowest BCUT2D eigenvalue weighted by Crippen LogP contribution is -2.51. The van der Waals surface area contributed by atoms with Gasteiger partial charge in [0.2, 0.25) is 11.8 Å². The molecule has 0 aromatic heterocycles. The van der Waals surface area contributed by atoms with Crippen molar-refractivity contribution in [2.24, 2.45) is 11.8 Å². The molecular formula is C25H18INO2. The molecule has 7 rings (SSSR count). The van der Waals surface area contributed by atoms with Gasteiger partial charge in [0.25, 0.3) is 0 Å². The first kappa shape index (κ1) is 17.4. The summed E-state index contributed by atoms with van der Waals surface area (Å²) in [6, 6.07) is 24.4. The predicted molar refractivity (Wildman–Crippen MR) is 120 cm³/mol. The summed E-state index contributed by atoms with van der Waals surface area (Å²) in [4.78, 5) is 29.0. The highest BCUT2D eigenvalue weighted by Crippen LogP contribution is 2.64. The summed E-state index contributed by atoms with van der Waals surface area (Å²) in [6.07, 6.45) is 0. The molecule has 0 radical (unpaired) electrons. The highest BCUT2D eigenvalue weighted by atomic mass is 127. The smallest absolute Gasteiger partial charge is 0.238 e. The van der Waals surface area contributed by atoms with E-state index in [1.54, 1.807) is 0 Å². The zero-order valence-corrected chi connectivity index (χ0v) is 18.0. The van der Waals surface area contributed by atoms with Crippen molar-refractivity contribution in [3.8, 4) is 0 Å². The van der Waals surface area contributed by atoms with Crippen LogP contribution in [0.1, 0.15) is 35.1 Å². The fourth-order valence-corrected chi connectivity index (χ4v) is 6.65. The van der Waals surface area contributed by atoms with Crippen molar-refractivity contribution in [2.45, 2.75) is 18.3 Å². The first-order chi connectivity index (χ1) is 14.0. The second-order valence-electron chi connectivity index (χ2n) is 8.32. The monoisotopic (exact) mass is 491 g/mol. The van der Waals surface area contributed by atoms with E-state index in [-0.39, 0.29) is 29.6 Å². The number of nitrogens with zero attached hydrogens (tertiary/aromatic N) is 1. The maximum absolute atomic E-state index is 13.8. The molecule has 142 valence electrons. The molecule has 3 aliphatic carbocycles. The number of hydrogen-bond donors (Lipinski definition) is 0. The van der Waals surface area contributed by atoms with E-state index in [9.17, 15) is 9.59 Å². The van der Waals surface area contributed by atoms with Crippen molar-refractivity contribution in [2.75, 3.05) is 4.90 Å². The minimum atomic E-state index is -0.506. The zero-order chi connectivity index (χ0) is 19.9. The van der Waals surface area contributed by atoms with Gasteiger partial charge in [-0.15, -0.1) is 0 Å². The van der Waals surface area contributed by atoms with Gasteiger partial charge in [0.15, 0.2) is 0 Å². The molecule has 0 spiro atoms. The first-order valence-corrected chi connectivity index (χ1v) is 10.9. The Hall–Kier alpha value is -2.47. The van der Waals surface area contributed by atoms with Crippen molar-refractivity contribution < 1.29 is 9.59 Å². The summed E-state index contributed by atoms with van der Waals surface area (Å²) in [5, 5.41) is 0. The molecule has 0 saturated carbocycles. The summed E-state index contributed by atoms with van der Waals surface area (Å²) in [7, 11) is 0. The average Bonchev–Trinajstić information content (AvgIpc) is 3.01. The molecular weight excluding hydrogens is 473 g/mol. The number of imide groups is 1. The third-order valence-corrected chi connectivity index (χ3v) is 8.05. The Labute approximate surface area is 182 Å². The normalized spacial score (nSPS) is 28.9. The summed E-state index contributed by atoms with van der Waals surface area (Å²) < 4.78 is 0.915. The lowest BCUT2D eigenvalue weighted by Gasteiger charge is -2.52. The minimum Gasteiger partial charge on any atom is -0.274 e. The van der Waals surface area contributed by atoms with Crippen molar-refractivity contribution in [3.63, 3.8) is 0 Å². The number of carbonyl (C=O) groups is 2. The van der Waals surface area contributed by atoms with E-state index >= 15 is 0 Å². The molecule has 3 nitrogen and oxygen atoms in total. The van der Waals surface area contributed by atoms with Crippen molar-refractivity contribution in [3.05, 3.63) is 98.6 Å². The van der Waals surface area contributed by atoms with E-state index in [0.717, 1.165) is 3.57 Å². The molecule has 2 atom stereocenters. The fourth-order valence-electron chi connectivity index (χ4n) is 6.02. The number of hydrogen-bond acceptors (Lipinski definition) is 2. The van der Waals surface area contributed by atoms with Gasteiger partial charge in [-0.3, -0.25) is 9.59 Å². The number of benzene rings is 3. The maximum Gasteiger partial charge on any atom is 0.238 e. The summed E-state index contributed by atoms with van der Waals surface area (Å²) in [6.45, 7) is 2.16. The van der Waals surface area contributed by atoms with E-state index in [4.69, 9.17) is 0 Å². The van der Waals surface area contributed by atoms with Crippen LogP contribution < -0.4 is 4.90 Å². The minimum absolute atomic E-state index is 0.0654. The van der Waals surface area contributed by atoms with Crippen LogP contribution in [0.2, 0.25) is 0 Å². The SMILES string of the molecule is CC12c3ccccc3C(c3ccccc31)[C@H]1C(=O)N(c3ccccc3I)C(=O)[C@@H]12. The molecule has 29 heavy (non-hydrogen) atoms. The number of carbonyl (C=O) groups excluding carboxylic acids is 2. The quantitative estimate of drug-likeness (QED) is 0.360. The van der Waals surface area contributed by atoms with Crippen LogP contribution in [0.4, 0.5) is 5.69 Å². The second kappa shape index (κ2) is 5.79. The number of halogens is 1. The maximum atomic E-state index is 13.8. The lowest BCUT2D eigenvalue weighted by atomic mass is 9.48. The number of amides is 2. The van der Waals surface area contributed by atoms with Crippen LogP contribution in [0.5, 0.6) is 0 Å². The number of para-hydroxylation sites is 1. The van der Waals surface area contributed by atoms with Crippen molar-refractivity contribution in [1.82, 2.24) is 0 Å². The second-order valence-corrected chi connectivity index (χ2v) is 9.48. The van der Waals surface area contributed by atoms with Crippen molar-refractivity contribution >= 4 is 40.1 Å². The molecule has 2 bridgehead atoms. The van der Waals surface area contributed by atoms with Crippen LogP contribution in [0.3, 0.4) is 0 Å². The van der Waals surface area contributed by atoms with E-state index in [1.807, 2.05) is 48.5 Å². The third kappa shape index (κ3) is 1.98. The predicted octanol–water partition coefficient (Wildman–Crippen LogP) is 4.86. The van der Waals surface area contributed by atoms with Crippen LogP contribution >= 0.6 is 22.6 Å². The van der Waals surface area contributed by atoms with E-state index in [0.29, 0.717) is 5.69 Å². The van der Waals surface area contributed by atoms with E-state index < -0.39 is 5.41 Å². The van der Waals surface area contributed by atoms with Gasteiger partial charge in [0, 0.05) is 14.9 Å². The Bertz CT molecular complexity index is 1170. The van der Waals surface area contributed by atoms with Gasteiger partial charge >= 0.3 is 0 Å².